The molecule has 5 nitrogen and oxygen atoms in total. The lowest BCUT2D eigenvalue weighted by atomic mass is 9.98. The predicted octanol–water partition coefficient (Wildman–Crippen LogP) is 1.13. The Morgan fingerprint density at radius 1 is 1.47 bits per heavy atom. The lowest BCUT2D eigenvalue weighted by Crippen LogP contribution is -2.42. The summed E-state index contributed by atoms with van der Waals surface area (Å²) in [5.41, 5.74) is 0. The highest BCUT2D eigenvalue weighted by molar-refractivity contribution is 5.78. The molecule has 0 unspecified atom stereocenters. The van der Waals surface area contributed by atoms with E-state index in [-0.39, 0.29) is 11.8 Å². The smallest absolute Gasteiger partial charge is 0.308 e. The number of carboxylic acid groups (broad SMARTS) is 1. The highest BCUT2D eigenvalue weighted by atomic mass is 16.5. The van der Waals surface area contributed by atoms with Crippen LogP contribution in [-0.2, 0) is 14.3 Å². The van der Waals surface area contributed by atoms with E-state index >= 15 is 0 Å². The van der Waals surface area contributed by atoms with Crippen molar-refractivity contribution in [2.45, 2.75) is 32.6 Å². The first-order valence-electron chi connectivity index (χ1n) is 6.23. The number of likely N-dealkylation sites (tertiary alicyclic amines) is 1. The van der Waals surface area contributed by atoms with E-state index < -0.39 is 5.97 Å². The maximum absolute atomic E-state index is 11.8. The zero-order valence-corrected chi connectivity index (χ0v) is 10.4. The molecule has 0 spiro atoms. The minimum Gasteiger partial charge on any atom is -0.481 e. The maximum atomic E-state index is 11.8. The summed E-state index contributed by atoms with van der Waals surface area (Å²) in [6.45, 7) is 4.24. The molecule has 0 bridgehead atoms. The lowest BCUT2D eigenvalue weighted by Gasteiger charge is -2.30. The molecule has 17 heavy (non-hydrogen) atoms. The maximum Gasteiger partial charge on any atom is 0.308 e. The molecule has 0 aliphatic carbocycles. The van der Waals surface area contributed by atoms with E-state index in [4.69, 9.17) is 9.84 Å². The molecule has 0 aromatic heterocycles. The van der Waals surface area contributed by atoms with Crippen molar-refractivity contribution in [2.24, 2.45) is 5.92 Å². The van der Waals surface area contributed by atoms with Gasteiger partial charge in [0.05, 0.1) is 5.92 Å². The molecule has 5 heteroatoms. The molecule has 0 aromatic rings. The van der Waals surface area contributed by atoms with E-state index in [1.807, 2.05) is 6.92 Å². The number of piperidine rings is 1. The molecule has 0 radical (unpaired) electrons. The first-order valence-corrected chi connectivity index (χ1v) is 6.23. The average molecular weight is 243 g/mol. The minimum absolute atomic E-state index is 0.0515. The second kappa shape index (κ2) is 7.27. The number of amides is 1. The monoisotopic (exact) mass is 243 g/mol. The van der Waals surface area contributed by atoms with Gasteiger partial charge in [-0.05, 0) is 26.2 Å². The van der Waals surface area contributed by atoms with Crippen LogP contribution in [0, 0.1) is 5.92 Å². The quantitative estimate of drug-likeness (QED) is 0.710. The van der Waals surface area contributed by atoms with Gasteiger partial charge in [0.15, 0.2) is 0 Å². The molecule has 1 aliphatic rings. The highest BCUT2D eigenvalue weighted by Gasteiger charge is 2.27. The molecule has 1 saturated heterocycles. The molecule has 1 aliphatic heterocycles. The van der Waals surface area contributed by atoms with Crippen LogP contribution in [0.15, 0.2) is 0 Å². The number of hydrogen-bond donors (Lipinski definition) is 1. The molecule has 0 aromatic carbocycles. The van der Waals surface area contributed by atoms with Crippen molar-refractivity contribution < 1.29 is 19.4 Å². The fourth-order valence-corrected chi connectivity index (χ4v) is 2.03. The fraction of sp³-hybridized carbons (Fsp3) is 0.833. The third-order valence-electron chi connectivity index (χ3n) is 3.01. The number of aliphatic carboxylic acids is 1. The molecule has 98 valence electrons. The Morgan fingerprint density at radius 2 is 2.24 bits per heavy atom. The molecule has 1 atom stereocenters. The molecule has 1 amide bonds. The summed E-state index contributed by atoms with van der Waals surface area (Å²) in [5, 5.41) is 8.93. The Morgan fingerprint density at radius 3 is 2.88 bits per heavy atom. The first-order chi connectivity index (χ1) is 8.15. The van der Waals surface area contributed by atoms with Gasteiger partial charge >= 0.3 is 5.97 Å². The molecule has 1 fully saturated rings. The third-order valence-corrected chi connectivity index (χ3v) is 3.01. The number of nitrogens with zero attached hydrogens (tertiary/aromatic N) is 1. The Kier molecular flexibility index (Phi) is 5.97. The number of hydrogen-bond acceptors (Lipinski definition) is 3. The number of carboxylic acids is 1. The van der Waals surface area contributed by atoms with Crippen molar-refractivity contribution in [3.63, 3.8) is 0 Å². The second-order valence-corrected chi connectivity index (χ2v) is 4.32. The average Bonchev–Trinajstić information content (AvgIpc) is 2.34. The largest absolute Gasteiger partial charge is 0.481 e. The van der Waals surface area contributed by atoms with Crippen LogP contribution in [-0.4, -0.2) is 48.2 Å². The van der Waals surface area contributed by atoms with Crippen molar-refractivity contribution in [2.75, 3.05) is 26.3 Å². The van der Waals surface area contributed by atoms with E-state index in [2.05, 4.69) is 0 Å². The summed E-state index contributed by atoms with van der Waals surface area (Å²) in [7, 11) is 0. The summed E-state index contributed by atoms with van der Waals surface area (Å²) in [5.74, 6) is -1.13. The summed E-state index contributed by atoms with van der Waals surface area (Å²) >= 11 is 0. The third kappa shape index (κ3) is 4.73. The molecule has 1 N–H and O–H groups in total. The van der Waals surface area contributed by atoms with Crippen molar-refractivity contribution >= 4 is 11.9 Å². The predicted molar refractivity (Wildman–Crippen MR) is 62.7 cm³/mol. The highest BCUT2D eigenvalue weighted by Crippen LogP contribution is 2.17. The molecular formula is C12H21NO4. The van der Waals surface area contributed by atoms with Crippen LogP contribution in [0.5, 0.6) is 0 Å². The first kappa shape index (κ1) is 14.0. The van der Waals surface area contributed by atoms with Gasteiger partial charge in [0.1, 0.15) is 0 Å². The van der Waals surface area contributed by atoms with Crippen molar-refractivity contribution in [3.8, 4) is 0 Å². The SMILES string of the molecule is CCOCCCC(=O)N1CCC[C@H](C(=O)O)C1. The van der Waals surface area contributed by atoms with E-state index in [9.17, 15) is 9.59 Å². The Hall–Kier alpha value is -1.10. The number of carbonyl (C=O) groups is 2. The van der Waals surface area contributed by atoms with Crippen LogP contribution in [0.4, 0.5) is 0 Å². The Bertz CT molecular complexity index is 267. The van der Waals surface area contributed by atoms with Crippen LogP contribution < -0.4 is 0 Å². The van der Waals surface area contributed by atoms with Gasteiger partial charge in [-0.25, -0.2) is 0 Å². The van der Waals surface area contributed by atoms with Crippen LogP contribution >= 0.6 is 0 Å². The van der Waals surface area contributed by atoms with E-state index in [1.165, 1.54) is 0 Å². The molecule has 1 rings (SSSR count). The lowest BCUT2D eigenvalue weighted by molar-refractivity contribution is -0.145. The topological polar surface area (TPSA) is 66.8 Å². The van der Waals surface area contributed by atoms with Gasteiger partial charge in [-0.1, -0.05) is 0 Å². The molecular weight excluding hydrogens is 222 g/mol. The number of ether oxygens (including phenoxy) is 1. The normalized spacial score (nSPS) is 20.3. The summed E-state index contributed by atoms with van der Waals surface area (Å²) in [6.07, 6.45) is 2.62. The molecule has 0 saturated carbocycles. The molecule has 1 heterocycles. The van der Waals surface area contributed by atoms with Crippen molar-refractivity contribution in [1.29, 1.82) is 0 Å². The Labute approximate surface area is 102 Å². The Balaban J connectivity index is 2.28. The van der Waals surface area contributed by atoms with Gasteiger partial charge in [0, 0.05) is 32.7 Å². The van der Waals surface area contributed by atoms with Crippen LogP contribution in [0.25, 0.3) is 0 Å². The summed E-state index contributed by atoms with van der Waals surface area (Å²) in [6, 6.07) is 0. The van der Waals surface area contributed by atoms with Gasteiger partial charge in [0.2, 0.25) is 5.91 Å². The summed E-state index contributed by atoms with van der Waals surface area (Å²) < 4.78 is 5.17. The van der Waals surface area contributed by atoms with Gasteiger partial charge in [-0.2, -0.15) is 0 Å². The zero-order valence-electron chi connectivity index (χ0n) is 10.4. The van der Waals surface area contributed by atoms with Crippen LogP contribution in [0.1, 0.15) is 32.6 Å². The zero-order chi connectivity index (χ0) is 12.7. The van der Waals surface area contributed by atoms with Crippen molar-refractivity contribution in [3.05, 3.63) is 0 Å². The van der Waals surface area contributed by atoms with E-state index in [1.54, 1.807) is 4.90 Å². The summed E-state index contributed by atoms with van der Waals surface area (Å²) in [4.78, 5) is 24.3. The van der Waals surface area contributed by atoms with Gasteiger partial charge < -0.3 is 14.7 Å². The van der Waals surface area contributed by atoms with Gasteiger partial charge in [-0.15, -0.1) is 0 Å². The van der Waals surface area contributed by atoms with Crippen LogP contribution in [0.3, 0.4) is 0 Å². The number of carbonyl (C=O) groups excluding carboxylic acids is 1. The van der Waals surface area contributed by atoms with E-state index in [0.717, 1.165) is 6.42 Å². The number of rotatable bonds is 6. The van der Waals surface area contributed by atoms with Gasteiger partial charge in [0.25, 0.3) is 0 Å². The van der Waals surface area contributed by atoms with Crippen LogP contribution in [0.2, 0.25) is 0 Å². The minimum atomic E-state index is -0.795. The second-order valence-electron chi connectivity index (χ2n) is 4.32. The van der Waals surface area contributed by atoms with Gasteiger partial charge in [-0.3, -0.25) is 9.59 Å². The van der Waals surface area contributed by atoms with Crippen molar-refractivity contribution in [1.82, 2.24) is 4.90 Å². The standard InChI is InChI=1S/C12H21NO4/c1-2-17-8-4-6-11(14)13-7-3-5-10(9-13)12(15)16/h10H,2-9H2,1H3,(H,15,16)/t10-/m0/s1. The van der Waals surface area contributed by atoms with E-state index in [0.29, 0.717) is 45.6 Å². The fourth-order valence-electron chi connectivity index (χ4n) is 2.03.